The lowest BCUT2D eigenvalue weighted by Crippen LogP contribution is -2.30. The second-order valence-corrected chi connectivity index (χ2v) is 3.40. The summed E-state index contributed by atoms with van der Waals surface area (Å²) in [5.74, 6) is 0. The van der Waals surface area contributed by atoms with Crippen LogP contribution in [0, 0.1) is 6.92 Å². The van der Waals surface area contributed by atoms with Crippen LogP contribution in [0.1, 0.15) is 18.1 Å². The minimum Gasteiger partial charge on any atom is -0.450 e. The van der Waals surface area contributed by atoms with Crippen LogP contribution < -0.4 is 5.32 Å². The Kier molecular flexibility index (Phi) is 4.24. The second-order valence-electron chi connectivity index (χ2n) is 2.99. The van der Waals surface area contributed by atoms with E-state index in [2.05, 4.69) is 5.32 Å². The number of hydrogen-bond donors (Lipinski definition) is 1. The lowest BCUT2D eigenvalue weighted by atomic mass is 10.1. The Balaban J connectivity index is 2.70. The molecule has 0 aliphatic heterocycles. The predicted octanol–water partition coefficient (Wildman–Crippen LogP) is 2.42. The Labute approximate surface area is 94.4 Å². The number of thiocarbonyl (C=S) groups is 1. The van der Waals surface area contributed by atoms with Crippen molar-refractivity contribution in [2.45, 2.75) is 13.8 Å². The van der Waals surface area contributed by atoms with Crippen LogP contribution in [0.2, 0.25) is 0 Å². The fourth-order valence-electron chi connectivity index (χ4n) is 1.15. The topological polar surface area (TPSA) is 38.3 Å². The molecule has 0 saturated heterocycles. The first-order valence-electron chi connectivity index (χ1n) is 4.69. The molecule has 0 aromatic heterocycles. The summed E-state index contributed by atoms with van der Waals surface area (Å²) in [6.07, 6.45) is -0.509. The van der Waals surface area contributed by atoms with Gasteiger partial charge in [0.1, 0.15) is 4.99 Å². The average molecular weight is 223 g/mol. The lowest BCUT2D eigenvalue weighted by molar-refractivity contribution is 0.158. The van der Waals surface area contributed by atoms with Crippen molar-refractivity contribution in [1.29, 1.82) is 0 Å². The number of amides is 1. The monoisotopic (exact) mass is 223 g/mol. The molecule has 0 saturated carbocycles. The SMILES string of the molecule is CCOC(=O)NC(=S)c1ccccc1C. The van der Waals surface area contributed by atoms with E-state index in [1.54, 1.807) is 6.92 Å². The molecule has 1 aromatic rings. The number of hydrogen-bond acceptors (Lipinski definition) is 3. The lowest BCUT2D eigenvalue weighted by Gasteiger charge is -2.08. The smallest absolute Gasteiger partial charge is 0.412 e. The molecule has 3 nitrogen and oxygen atoms in total. The summed E-state index contributed by atoms with van der Waals surface area (Å²) in [5, 5.41) is 2.51. The molecular formula is C11H13NO2S. The van der Waals surface area contributed by atoms with Gasteiger partial charge >= 0.3 is 6.09 Å². The number of benzene rings is 1. The molecule has 0 radical (unpaired) electrons. The number of carbonyl (C=O) groups excluding carboxylic acids is 1. The van der Waals surface area contributed by atoms with Gasteiger partial charge in [-0.3, -0.25) is 5.32 Å². The molecule has 0 spiro atoms. The first-order valence-corrected chi connectivity index (χ1v) is 5.09. The molecular weight excluding hydrogens is 210 g/mol. The molecule has 0 heterocycles. The van der Waals surface area contributed by atoms with Gasteiger partial charge in [-0.25, -0.2) is 4.79 Å². The van der Waals surface area contributed by atoms with E-state index < -0.39 is 6.09 Å². The third-order valence-electron chi connectivity index (χ3n) is 1.88. The standard InChI is InChI=1S/C11H13NO2S/c1-3-14-11(13)12-10(15)9-7-5-4-6-8(9)2/h4-7H,3H2,1-2H3,(H,12,13,15). The summed E-state index contributed by atoms with van der Waals surface area (Å²) in [6, 6.07) is 7.60. The van der Waals surface area contributed by atoms with Gasteiger partial charge in [-0.2, -0.15) is 0 Å². The van der Waals surface area contributed by atoms with Crippen LogP contribution in [0.3, 0.4) is 0 Å². The van der Waals surface area contributed by atoms with Crippen molar-refractivity contribution in [2.75, 3.05) is 6.61 Å². The van der Waals surface area contributed by atoms with E-state index in [0.29, 0.717) is 11.6 Å². The zero-order chi connectivity index (χ0) is 11.3. The van der Waals surface area contributed by atoms with Crippen molar-refractivity contribution in [3.63, 3.8) is 0 Å². The van der Waals surface area contributed by atoms with E-state index in [9.17, 15) is 4.79 Å². The van der Waals surface area contributed by atoms with Crippen LogP contribution in [0.5, 0.6) is 0 Å². The Morgan fingerprint density at radius 2 is 2.13 bits per heavy atom. The molecule has 0 atom stereocenters. The van der Waals surface area contributed by atoms with Crippen LogP contribution >= 0.6 is 12.2 Å². The fourth-order valence-corrected chi connectivity index (χ4v) is 1.47. The first kappa shape index (κ1) is 11.7. The number of carbonyl (C=O) groups is 1. The van der Waals surface area contributed by atoms with E-state index in [4.69, 9.17) is 17.0 Å². The van der Waals surface area contributed by atoms with E-state index in [1.165, 1.54) is 0 Å². The van der Waals surface area contributed by atoms with Gasteiger partial charge in [0, 0.05) is 5.56 Å². The molecule has 1 amide bonds. The largest absolute Gasteiger partial charge is 0.450 e. The van der Waals surface area contributed by atoms with E-state index >= 15 is 0 Å². The van der Waals surface area contributed by atoms with Gasteiger partial charge in [0.2, 0.25) is 0 Å². The van der Waals surface area contributed by atoms with Crippen molar-refractivity contribution < 1.29 is 9.53 Å². The van der Waals surface area contributed by atoms with Crippen molar-refractivity contribution in [3.8, 4) is 0 Å². The van der Waals surface area contributed by atoms with Gasteiger partial charge in [0.15, 0.2) is 0 Å². The van der Waals surface area contributed by atoms with Crippen molar-refractivity contribution >= 4 is 23.3 Å². The maximum Gasteiger partial charge on any atom is 0.412 e. The molecule has 1 N–H and O–H groups in total. The zero-order valence-electron chi connectivity index (χ0n) is 8.74. The van der Waals surface area contributed by atoms with Crippen molar-refractivity contribution in [3.05, 3.63) is 35.4 Å². The summed E-state index contributed by atoms with van der Waals surface area (Å²) in [4.78, 5) is 11.5. The fraction of sp³-hybridized carbons (Fsp3) is 0.273. The van der Waals surface area contributed by atoms with Crippen molar-refractivity contribution in [2.24, 2.45) is 0 Å². The summed E-state index contributed by atoms with van der Waals surface area (Å²) in [7, 11) is 0. The van der Waals surface area contributed by atoms with Crippen molar-refractivity contribution in [1.82, 2.24) is 5.32 Å². The van der Waals surface area contributed by atoms with Crippen LogP contribution in [-0.4, -0.2) is 17.7 Å². The summed E-state index contributed by atoms with van der Waals surface area (Å²) in [6.45, 7) is 4.02. The number of ether oxygens (including phenoxy) is 1. The molecule has 4 heteroatoms. The molecule has 1 rings (SSSR count). The van der Waals surface area contributed by atoms with E-state index in [0.717, 1.165) is 11.1 Å². The van der Waals surface area contributed by atoms with E-state index in [-0.39, 0.29) is 0 Å². The predicted molar refractivity (Wildman–Crippen MR) is 63.0 cm³/mol. The number of nitrogens with one attached hydrogen (secondary N) is 1. The Morgan fingerprint density at radius 1 is 1.47 bits per heavy atom. The molecule has 0 fully saturated rings. The van der Waals surface area contributed by atoms with Crippen LogP contribution in [0.15, 0.2) is 24.3 Å². The number of rotatable bonds is 2. The zero-order valence-corrected chi connectivity index (χ0v) is 9.56. The average Bonchev–Trinajstić information content (AvgIpc) is 2.18. The summed E-state index contributed by atoms with van der Waals surface area (Å²) < 4.78 is 4.74. The molecule has 80 valence electrons. The quantitative estimate of drug-likeness (QED) is 0.782. The number of aryl methyl sites for hydroxylation is 1. The van der Waals surface area contributed by atoms with Crippen LogP contribution in [0.25, 0.3) is 0 Å². The van der Waals surface area contributed by atoms with Gasteiger partial charge in [-0.15, -0.1) is 0 Å². The van der Waals surface area contributed by atoms with Gasteiger partial charge in [-0.05, 0) is 19.4 Å². The molecule has 15 heavy (non-hydrogen) atoms. The molecule has 0 aliphatic carbocycles. The summed E-state index contributed by atoms with van der Waals surface area (Å²) in [5.41, 5.74) is 1.87. The molecule has 0 bridgehead atoms. The Hall–Kier alpha value is -1.42. The molecule has 1 aromatic carbocycles. The maximum atomic E-state index is 11.1. The van der Waals surface area contributed by atoms with E-state index in [1.807, 2.05) is 31.2 Å². The first-order chi connectivity index (χ1) is 7.15. The highest BCUT2D eigenvalue weighted by Crippen LogP contribution is 2.07. The molecule has 0 aliphatic rings. The second kappa shape index (κ2) is 5.46. The van der Waals surface area contributed by atoms with Gasteiger partial charge in [-0.1, -0.05) is 36.5 Å². The number of alkyl carbamates (subject to hydrolysis) is 1. The third-order valence-corrected chi connectivity index (χ3v) is 2.20. The highest BCUT2D eigenvalue weighted by Gasteiger charge is 2.08. The van der Waals surface area contributed by atoms with Gasteiger partial charge in [0.05, 0.1) is 6.61 Å². The van der Waals surface area contributed by atoms with Gasteiger partial charge < -0.3 is 4.74 Å². The minimum absolute atomic E-state index is 0.336. The highest BCUT2D eigenvalue weighted by atomic mass is 32.1. The summed E-state index contributed by atoms with van der Waals surface area (Å²) >= 11 is 5.09. The normalized spacial score (nSPS) is 9.47. The Morgan fingerprint density at radius 3 is 2.73 bits per heavy atom. The third kappa shape index (κ3) is 3.32. The minimum atomic E-state index is -0.509. The van der Waals surface area contributed by atoms with Gasteiger partial charge in [0.25, 0.3) is 0 Å². The highest BCUT2D eigenvalue weighted by molar-refractivity contribution is 7.80. The van der Waals surface area contributed by atoms with Crippen LogP contribution in [0.4, 0.5) is 4.79 Å². The molecule has 0 unspecified atom stereocenters. The Bertz CT molecular complexity index is 377. The van der Waals surface area contributed by atoms with Crippen LogP contribution in [-0.2, 0) is 4.74 Å². The maximum absolute atomic E-state index is 11.1.